The number of halogens is 1. The van der Waals surface area contributed by atoms with Crippen molar-refractivity contribution in [1.82, 2.24) is 5.32 Å². The lowest BCUT2D eigenvalue weighted by atomic mass is 10.1. The van der Waals surface area contributed by atoms with E-state index in [2.05, 4.69) is 5.32 Å². The molecule has 1 unspecified atom stereocenters. The standard InChI is InChI=1S/C17H20ClNO4/c1-5-22-16-13(18)8-12(9-15(16)21-4)17(20)19-11(3)14-7-6-10(2)23-14/h6-9,11H,5H2,1-4H3,(H,19,20). The molecule has 0 bridgehead atoms. The van der Waals surface area contributed by atoms with E-state index in [-0.39, 0.29) is 11.9 Å². The maximum absolute atomic E-state index is 12.4. The molecule has 1 aromatic carbocycles. The van der Waals surface area contributed by atoms with Gasteiger partial charge in [-0.2, -0.15) is 0 Å². The lowest BCUT2D eigenvalue weighted by molar-refractivity contribution is 0.0934. The van der Waals surface area contributed by atoms with Crippen LogP contribution < -0.4 is 14.8 Å². The smallest absolute Gasteiger partial charge is 0.252 e. The van der Waals surface area contributed by atoms with Crippen LogP contribution in [-0.4, -0.2) is 19.6 Å². The summed E-state index contributed by atoms with van der Waals surface area (Å²) in [5, 5.41) is 3.20. The summed E-state index contributed by atoms with van der Waals surface area (Å²) in [5.41, 5.74) is 0.394. The zero-order chi connectivity index (χ0) is 17.0. The number of hydrogen-bond donors (Lipinski definition) is 1. The van der Waals surface area contributed by atoms with E-state index in [0.717, 1.165) is 5.76 Å². The van der Waals surface area contributed by atoms with Gasteiger partial charge in [-0.3, -0.25) is 4.79 Å². The highest BCUT2D eigenvalue weighted by atomic mass is 35.5. The third-order valence-electron chi connectivity index (χ3n) is 3.32. The molecule has 1 N–H and O–H groups in total. The molecule has 0 aliphatic carbocycles. The second-order valence-electron chi connectivity index (χ2n) is 5.07. The van der Waals surface area contributed by atoms with Crippen molar-refractivity contribution >= 4 is 17.5 Å². The average molecular weight is 338 g/mol. The van der Waals surface area contributed by atoms with Crippen LogP contribution in [0.2, 0.25) is 5.02 Å². The first kappa shape index (κ1) is 17.2. The van der Waals surface area contributed by atoms with Crippen molar-refractivity contribution in [3.63, 3.8) is 0 Å². The van der Waals surface area contributed by atoms with E-state index in [4.69, 9.17) is 25.5 Å². The third kappa shape index (κ3) is 3.99. The molecule has 0 saturated carbocycles. The van der Waals surface area contributed by atoms with E-state index in [0.29, 0.717) is 34.5 Å². The first-order chi connectivity index (χ1) is 11.0. The van der Waals surface area contributed by atoms with Gasteiger partial charge in [0.25, 0.3) is 5.91 Å². The molecular formula is C17H20ClNO4. The van der Waals surface area contributed by atoms with Crippen LogP contribution in [0.4, 0.5) is 0 Å². The number of carbonyl (C=O) groups is 1. The number of hydrogen-bond acceptors (Lipinski definition) is 4. The fourth-order valence-corrected chi connectivity index (χ4v) is 2.44. The van der Waals surface area contributed by atoms with Gasteiger partial charge in [-0.05, 0) is 45.0 Å². The van der Waals surface area contributed by atoms with Gasteiger partial charge < -0.3 is 19.2 Å². The zero-order valence-corrected chi connectivity index (χ0v) is 14.4. The Morgan fingerprint density at radius 1 is 1.39 bits per heavy atom. The molecule has 0 saturated heterocycles. The summed E-state index contributed by atoms with van der Waals surface area (Å²) in [5.74, 6) is 2.08. The number of aryl methyl sites for hydroxylation is 1. The van der Waals surface area contributed by atoms with Gasteiger partial charge in [0.1, 0.15) is 11.5 Å². The van der Waals surface area contributed by atoms with Gasteiger partial charge in [-0.1, -0.05) is 11.6 Å². The molecule has 5 nitrogen and oxygen atoms in total. The zero-order valence-electron chi connectivity index (χ0n) is 13.6. The first-order valence-corrected chi connectivity index (χ1v) is 7.71. The van der Waals surface area contributed by atoms with Gasteiger partial charge in [0.05, 0.1) is 24.8 Å². The van der Waals surface area contributed by atoms with Gasteiger partial charge in [0.2, 0.25) is 0 Å². The van der Waals surface area contributed by atoms with Crippen molar-refractivity contribution in [2.75, 3.05) is 13.7 Å². The van der Waals surface area contributed by atoms with Crippen LogP contribution in [0.25, 0.3) is 0 Å². The van der Waals surface area contributed by atoms with Gasteiger partial charge in [0, 0.05) is 5.56 Å². The van der Waals surface area contributed by atoms with E-state index in [1.807, 2.05) is 32.9 Å². The van der Waals surface area contributed by atoms with Crippen molar-refractivity contribution in [2.45, 2.75) is 26.8 Å². The predicted octanol–water partition coefficient (Wildman–Crippen LogP) is 4.14. The fraction of sp³-hybridized carbons (Fsp3) is 0.353. The lowest BCUT2D eigenvalue weighted by Crippen LogP contribution is -2.26. The Kier molecular flexibility index (Phi) is 5.55. The lowest BCUT2D eigenvalue weighted by Gasteiger charge is -2.15. The van der Waals surface area contributed by atoms with Crippen LogP contribution in [0.15, 0.2) is 28.7 Å². The molecule has 1 heterocycles. The summed E-state index contributed by atoms with van der Waals surface area (Å²) in [6.45, 7) is 6.01. The van der Waals surface area contributed by atoms with E-state index >= 15 is 0 Å². The summed E-state index contributed by atoms with van der Waals surface area (Å²) in [6.07, 6.45) is 0. The number of rotatable bonds is 6. The number of furan rings is 1. The molecule has 23 heavy (non-hydrogen) atoms. The van der Waals surface area contributed by atoms with E-state index in [1.165, 1.54) is 7.11 Å². The fourth-order valence-electron chi connectivity index (χ4n) is 2.17. The minimum Gasteiger partial charge on any atom is -0.493 e. The Morgan fingerprint density at radius 3 is 2.70 bits per heavy atom. The average Bonchev–Trinajstić information content (AvgIpc) is 2.95. The van der Waals surface area contributed by atoms with Crippen molar-refractivity contribution in [2.24, 2.45) is 0 Å². The Balaban J connectivity index is 2.20. The topological polar surface area (TPSA) is 60.7 Å². The van der Waals surface area contributed by atoms with Crippen molar-refractivity contribution in [3.8, 4) is 11.5 Å². The Morgan fingerprint density at radius 2 is 2.13 bits per heavy atom. The van der Waals surface area contributed by atoms with Gasteiger partial charge >= 0.3 is 0 Å². The minimum atomic E-state index is -0.269. The molecule has 0 aliphatic rings. The molecule has 0 aliphatic heterocycles. The van der Waals surface area contributed by atoms with Gasteiger partial charge in [-0.15, -0.1) is 0 Å². The van der Waals surface area contributed by atoms with Crippen molar-refractivity contribution in [3.05, 3.63) is 46.4 Å². The number of carbonyl (C=O) groups excluding carboxylic acids is 1. The van der Waals surface area contributed by atoms with Gasteiger partial charge in [-0.25, -0.2) is 0 Å². The van der Waals surface area contributed by atoms with Crippen molar-refractivity contribution < 1.29 is 18.7 Å². The molecular weight excluding hydrogens is 318 g/mol. The molecule has 124 valence electrons. The molecule has 6 heteroatoms. The third-order valence-corrected chi connectivity index (χ3v) is 3.60. The molecule has 0 spiro atoms. The van der Waals surface area contributed by atoms with Gasteiger partial charge in [0.15, 0.2) is 11.5 Å². The molecule has 0 radical (unpaired) electrons. The van der Waals surface area contributed by atoms with E-state index < -0.39 is 0 Å². The first-order valence-electron chi connectivity index (χ1n) is 7.33. The van der Waals surface area contributed by atoms with Crippen LogP contribution in [-0.2, 0) is 0 Å². The Labute approximate surface area is 140 Å². The SMILES string of the molecule is CCOc1c(Cl)cc(C(=O)NC(C)c2ccc(C)o2)cc1OC. The van der Waals surface area contributed by atoms with Crippen LogP contribution in [0.3, 0.4) is 0 Å². The second-order valence-corrected chi connectivity index (χ2v) is 5.47. The van der Waals surface area contributed by atoms with Crippen LogP contribution in [0.5, 0.6) is 11.5 Å². The molecule has 0 fully saturated rings. The molecule has 2 rings (SSSR count). The maximum atomic E-state index is 12.4. The summed E-state index contributed by atoms with van der Waals surface area (Å²) in [6, 6.07) is 6.60. The summed E-state index contributed by atoms with van der Waals surface area (Å²) in [4.78, 5) is 12.4. The highest BCUT2D eigenvalue weighted by Crippen LogP contribution is 2.36. The Bertz CT molecular complexity index is 696. The Hall–Kier alpha value is -2.14. The van der Waals surface area contributed by atoms with E-state index in [9.17, 15) is 4.79 Å². The summed E-state index contributed by atoms with van der Waals surface area (Å²) < 4.78 is 16.2. The van der Waals surface area contributed by atoms with Crippen LogP contribution in [0, 0.1) is 6.92 Å². The highest BCUT2D eigenvalue weighted by Gasteiger charge is 2.18. The monoisotopic (exact) mass is 337 g/mol. The second kappa shape index (κ2) is 7.42. The summed E-state index contributed by atoms with van der Waals surface area (Å²) in [7, 11) is 1.50. The largest absolute Gasteiger partial charge is 0.493 e. The number of nitrogens with one attached hydrogen (secondary N) is 1. The molecule has 1 aromatic heterocycles. The van der Waals surface area contributed by atoms with Crippen molar-refractivity contribution in [1.29, 1.82) is 0 Å². The summed E-state index contributed by atoms with van der Waals surface area (Å²) >= 11 is 6.19. The highest BCUT2D eigenvalue weighted by molar-refractivity contribution is 6.32. The molecule has 2 aromatic rings. The quantitative estimate of drug-likeness (QED) is 0.860. The predicted molar refractivity (Wildman–Crippen MR) is 88.5 cm³/mol. The maximum Gasteiger partial charge on any atom is 0.252 e. The number of benzene rings is 1. The van der Waals surface area contributed by atoms with Crippen LogP contribution in [0.1, 0.15) is 41.8 Å². The number of amides is 1. The van der Waals surface area contributed by atoms with E-state index in [1.54, 1.807) is 12.1 Å². The van der Waals surface area contributed by atoms with Crippen LogP contribution >= 0.6 is 11.6 Å². The minimum absolute atomic E-state index is 0.257. The molecule has 1 amide bonds. The number of ether oxygens (including phenoxy) is 2. The number of methoxy groups -OCH3 is 1. The molecule has 1 atom stereocenters. The normalized spacial score (nSPS) is 11.9.